The molecule has 5 aliphatic rings. The minimum absolute atomic E-state index is 0.0250. The quantitative estimate of drug-likeness (QED) is 0.767. The number of aliphatic carboxylic acids is 1. The van der Waals surface area contributed by atoms with Crippen LogP contribution in [0.4, 0.5) is 0 Å². The first kappa shape index (κ1) is 16.4. The summed E-state index contributed by atoms with van der Waals surface area (Å²) in [5, 5.41) is 9.27. The molecule has 0 heterocycles. The van der Waals surface area contributed by atoms with Gasteiger partial charge in [-0.25, -0.2) is 0 Å². The van der Waals surface area contributed by atoms with Crippen molar-refractivity contribution in [3.8, 4) is 0 Å². The second-order valence-electron chi connectivity index (χ2n) is 9.14. The molecule has 4 nitrogen and oxygen atoms in total. The van der Waals surface area contributed by atoms with Gasteiger partial charge in [-0.15, -0.1) is 0 Å². The summed E-state index contributed by atoms with van der Waals surface area (Å²) in [7, 11) is 0. The van der Waals surface area contributed by atoms with E-state index in [-0.39, 0.29) is 23.7 Å². The maximum Gasteiger partial charge on any atom is 0.312 e. The molecular weight excluding hydrogens is 304 g/mol. The Bertz CT molecular complexity index is 470. The number of hydrogen-bond donors (Lipinski definition) is 1. The highest BCUT2D eigenvalue weighted by Crippen LogP contribution is 2.60. The molecule has 1 N–H and O–H groups in total. The molecule has 4 heteroatoms. The number of hydrogen-bond acceptors (Lipinski definition) is 3. The summed E-state index contributed by atoms with van der Waals surface area (Å²) in [6, 6.07) is 0. The zero-order valence-corrected chi connectivity index (χ0v) is 14.5. The van der Waals surface area contributed by atoms with Crippen molar-refractivity contribution in [2.24, 2.45) is 29.1 Å². The van der Waals surface area contributed by atoms with Crippen LogP contribution in [0.25, 0.3) is 0 Å². The van der Waals surface area contributed by atoms with Crippen molar-refractivity contribution in [3.63, 3.8) is 0 Å². The van der Waals surface area contributed by atoms with E-state index in [9.17, 15) is 14.7 Å². The fourth-order valence-electron chi connectivity index (χ4n) is 6.61. The van der Waals surface area contributed by atoms with Crippen LogP contribution in [0.5, 0.6) is 0 Å². The molecule has 5 rings (SSSR count). The van der Waals surface area contributed by atoms with Crippen LogP contribution in [0, 0.1) is 29.1 Å². The number of carboxylic acids is 1. The molecule has 24 heavy (non-hydrogen) atoms. The predicted octanol–water partition coefficient (Wildman–Crippen LogP) is 4.17. The first-order valence-electron chi connectivity index (χ1n) is 9.97. The number of ether oxygens (including phenoxy) is 1. The topological polar surface area (TPSA) is 63.6 Å². The molecule has 5 fully saturated rings. The molecule has 1 unspecified atom stereocenters. The summed E-state index contributed by atoms with van der Waals surface area (Å²) in [6.45, 7) is 0. The van der Waals surface area contributed by atoms with Crippen LogP contribution in [-0.4, -0.2) is 23.1 Å². The molecule has 0 aromatic rings. The molecule has 5 aliphatic carbocycles. The summed E-state index contributed by atoms with van der Waals surface area (Å²) in [5.74, 6) is 1.46. The Morgan fingerprint density at radius 1 is 0.958 bits per heavy atom. The summed E-state index contributed by atoms with van der Waals surface area (Å²) in [6.07, 6.45) is 11.9. The maximum absolute atomic E-state index is 13.1. The third-order valence-electron chi connectivity index (χ3n) is 7.28. The van der Waals surface area contributed by atoms with Crippen LogP contribution in [0.15, 0.2) is 0 Å². The van der Waals surface area contributed by atoms with Gasteiger partial charge in [0.2, 0.25) is 0 Å². The van der Waals surface area contributed by atoms with Crippen molar-refractivity contribution < 1.29 is 19.4 Å². The zero-order chi connectivity index (χ0) is 16.7. The smallest absolute Gasteiger partial charge is 0.312 e. The van der Waals surface area contributed by atoms with E-state index in [0.717, 1.165) is 44.9 Å². The van der Waals surface area contributed by atoms with E-state index in [1.54, 1.807) is 0 Å². The highest BCUT2D eigenvalue weighted by atomic mass is 16.5. The van der Waals surface area contributed by atoms with E-state index in [1.165, 1.54) is 25.7 Å². The molecule has 5 saturated carbocycles. The lowest BCUT2D eigenvalue weighted by atomic mass is 9.49. The zero-order valence-electron chi connectivity index (χ0n) is 14.5. The standard InChI is InChI=1S/C20H30O4/c21-18(22)9-17(16-4-2-1-3-5-16)24-19(23)20-10-13-6-14(11-20)8-15(7-13)12-20/h13-17H,1-12H2,(H,21,22). The van der Waals surface area contributed by atoms with E-state index >= 15 is 0 Å². The van der Waals surface area contributed by atoms with E-state index in [1.807, 2.05) is 0 Å². The average Bonchev–Trinajstić information content (AvgIpc) is 2.53. The molecule has 1 atom stereocenters. The Morgan fingerprint density at radius 2 is 1.50 bits per heavy atom. The van der Waals surface area contributed by atoms with E-state index in [2.05, 4.69) is 0 Å². The Balaban J connectivity index is 1.47. The fourth-order valence-corrected chi connectivity index (χ4v) is 6.61. The second kappa shape index (κ2) is 6.34. The van der Waals surface area contributed by atoms with Crippen LogP contribution < -0.4 is 0 Å². The van der Waals surface area contributed by atoms with Crippen molar-refractivity contribution in [1.82, 2.24) is 0 Å². The molecule has 4 bridgehead atoms. The van der Waals surface area contributed by atoms with Crippen LogP contribution >= 0.6 is 0 Å². The SMILES string of the molecule is O=C(O)CC(OC(=O)C12CC3CC(CC(C3)C1)C2)C1CCCCC1. The predicted molar refractivity (Wildman–Crippen MR) is 89.3 cm³/mol. The number of rotatable bonds is 5. The largest absolute Gasteiger partial charge is 0.481 e. The summed E-state index contributed by atoms with van der Waals surface area (Å²) >= 11 is 0. The van der Waals surface area contributed by atoms with Gasteiger partial charge < -0.3 is 9.84 Å². The van der Waals surface area contributed by atoms with Gasteiger partial charge in [-0.05, 0) is 75.0 Å². The molecule has 0 saturated heterocycles. The Labute approximate surface area is 144 Å². The minimum Gasteiger partial charge on any atom is -0.481 e. The Hall–Kier alpha value is -1.06. The number of esters is 1. The number of carbonyl (C=O) groups is 2. The average molecular weight is 334 g/mol. The van der Waals surface area contributed by atoms with Crippen LogP contribution in [0.3, 0.4) is 0 Å². The number of carboxylic acid groups (broad SMARTS) is 1. The van der Waals surface area contributed by atoms with Crippen molar-refractivity contribution in [3.05, 3.63) is 0 Å². The highest BCUT2D eigenvalue weighted by molar-refractivity contribution is 5.78. The lowest BCUT2D eigenvalue weighted by molar-refractivity contribution is -0.181. The van der Waals surface area contributed by atoms with Crippen LogP contribution in [0.1, 0.15) is 77.0 Å². The van der Waals surface area contributed by atoms with E-state index < -0.39 is 12.1 Å². The lowest BCUT2D eigenvalue weighted by Gasteiger charge is -2.55. The Kier molecular flexibility index (Phi) is 4.34. The van der Waals surface area contributed by atoms with Gasteiger partial charge >= 0.3 is 11.9 Å². The molecule has 0 aromatic carbocycles. The van der Waals surface area contributed by atoms with Gasteiger partial charge in [0.25, 0.3) is 0 Å². The Morgan fingerprint density at radius 3 is 2.00 bits per heavy atom. The molecule has 0 spiro atoms. The van der Waals surface area contributed by atoms with Gasteiger partial charge in [-0.1, -0.05) is 19.3 Å². The van der Waals surface area contributed by atoms with Gasteiger partial charge in [0.1, 0.15) is 6.10 Å². The van der Waals surface area contributed by atoms with Gasteiger partial charge in [-0.2, -0.15) is 0 Å². The summed E-state index contributed by atoms with van der Waals surface area (Å²) in [4.78, 5) is 24.4. The summed E-state index contributed by atoms with van der Waals surface area (Å²) in [5.41, 5.74) is -0.278. The van der Waals surface area contributed by atoms with Gasteiger partial charge in [0.05, 0.1) is 11.8 Å². The first-order chi connectivity index (χ1) is 11.5. The van der Waals surface area contributed by atoms with Crippen molar-refractivity contribution in [2.75, 3.05) is 0 Å². The summed E-state index contributed by atoms with van der Waals surface area (Å²) < 4.78 is 5.97. The normalized spacial score (nSPS) is 39.6. The van der Waals surface area contributed by atoms with Gasteiger partial charge in [0, 0.05) is 0 Å². The molecular formula is C20H30O4. The highest BCUT2D eigenvalue weighted by Gasteiger charge is 2.56. The third-order valence-corrected chi connectivity index (χ3v) is 7.28. The van der Waals surface area contributed by atoms with Crippen LogP contribution in [-0.2, 0) is 14.3 Å². The van der Waals surface area contributed by atoms with Crippen molar-refractivity contribution >= 4 is 11.9 Å². The lowest BCUT2D eigenvalue weighted by Crippen LogP contribution is -2.51. The second-order valence-corrected chi connectivity index (χ2v) is 9.14. The third kappa shape index (κ3) is 3.09. The number of carbonyl (C=O) groups excluding carboxylic acids is 1. The minimum atomic E-state index is -0.844. The molecule has 0 aliphatic heterocycles. The van der Waals surface area contributed by atoms with Gasteiger partial charge in [-0.3, -0.25) is 9.59 Å². The van der Waals surface area contributed by atoms with Crippen LogP contribution in [0.2, 0.25) is 0 Å². The molecule has 0 aromatic heterocycles. The van der Waals surface area contributed by atoms with E-state index in [4.69, 9.17) is 4.74 Å². The maximum atomic E-state index is 13.1. The van der Waals surface area contributed by atoms with Crippen molar-refractivity contribution in [2.45, 2.75) is 83.2 Å². The van der Waals surface area contributed by atoms with Gasteiger partial charge in [0.15, 0.2) is 0 Å². The van der Waals surface area contributed by atoms with E-state index in [0.29, 0.717) is 17.8 Å². The molecule has 134 valence electrons. The fraction of sp³-hybridized carbons (Fsp3) is 0.900. The van der Waals surface area contributed by atoms with Crippen molar-refractivity contribution in [1.29, 1.82) is 0 Å². The monoisotopic (exact) mass is 334 g/mol. The molecule has 0 amide bonds. The molecule has 0 radical (unpaired) electrons. The first-order valence-corrected chi connectivity index (χ1v) is 9.97.